The molecule has 8 heteroatoms. The van der Waals surface area contributed by atoms with Gasteiger partial charge in [-0.05, 0) is 41.9 Å². The van der Waals surface area contributed by atoms with Crippen molar-refractivity contribution in [3.8, 4) is 5.75 Å². The van der Waals surface area contributed by atoms with Gasteiger partial charge in [-0.3, -0.25) is 5.32 Å². The van der Waals surface area contributed by atoms with Gasteiger partial charge in [-0.15, -0.1) is 0 Å². The zero-order valence-electron chi connectivity index (χ0n) is 19.3. The molecule has 1 fully saturated rings. The normalized spacial score (nSPS) is 18.2. The molecule has 1 saturated heterocycles. The number of epoxide rings is 1. The van der Waals surface area contributed by atoms with Crippen LogP contribution in [0, 0.1) is 0 Å². The molecule has 174 valence electrons. The largest absolute Gasteiger partial charge is 0.489 e. The standard InChI is InChI=1S/C24H32BrNO5Si/c1-24(2,3)32(4,5)30-16-22-21(31-22)15-28-20-13-18(25)11-12-19(20)26-23(27)29-14-17-9-7-6-8-10-17/h6-13,21-22H,14-16H2,1-5H3,(H,26,27)/t21-,22+/m1/s1. The number of benzene rings is 2. The lowest BCUT2D eigenvalue weighted by molar-refractivity contribution is 0.155. The number of hydrogen-bond donors (Lipinski definition) is 1. The van der Waals surface area contributed by atoms with E-state index in [4.69, 9.17) is 18.6 Å². The molecule has 1 aliphatic heterocycles. The summed E-state index contributed by atoms with van der Waals surface area (Å²) in [6.07, 6.45) is -0.510. The molecular formula is C24H32BrNO5Si. The summed E-state index contributed by atoms with van der Waals surface area (Å²) in [5, 5.41) is 2.92. The number of nitrogens with one attached hydrogen (secondary N) is 1. The van der Waals surface area contributed by atoms with E-state index in [1.54, 1.807) is 6.07 Å². The maximum atomic E-state index is 12.2. The fourth-order valence-corrected chi connectivity index (χ4v) is 4.09. The third-order valence-electron chi connectivity index (χ3n) is 5.90. The van der Waals surface area contributed by atoms with Crippen LogP contribution in [0.1, 0.15) is 26.3 Å². The molecule has 2 aromatic carbocycles. The number of amides is 1. The Kier molecular flexibility index (Phi) is 8.03. The Morgan fingerprint density at radius 1 is 1.09 bits per heavy atom. The van der Waals surface area contributed by atoms with Crippen molar-refractivity contribution in [1.29, 1.82) is 0 Å². The van der Waals surface area contributed by atoms with Crippen LogP contribution in [0.2, 0.25) is 18.1 Å². The van der Waals surface area contributed by atoms with E-state index in [1.807, 2.05) is 42.5 Å². The smallest absolute Gasteiger partial charge is 0.412 e. The highest BCUT2D eigenvalue weighted by Gasteiger charge is 2.44. The molecule has 32 heavy (non-hydrogen) atoms. The van der Waals surface area contributed by atoms with Gasteiger partial charge in [0.25, 0.3) is 0 Å². The van der Waals surface area contributed by atoms with Crippen LogP contribution in [0.4, 0.5) is 10.5 Å². The summed E-state index contributed by atoms with van der Waals surface area (Å²) >= 11 is 3.45. The summed E-state index contributed by atoms with van der Waals surface area (Å²) in [7, 11) is -1.80. The van der Waals surface area contributed by atoms with Crippen molar-refractivity contribution in [2.24, 2.45) is 0 Å². The highest BCUT2D eigenvalue weighted by atomic mass is 79.9. The van der Waals surface area contributed by atoms with Gasteiger partial charge in [-0.1, -0.05) is 67.0 Å². The number of halogens is 1. The average Bonchev–Trinajstić information content (AvgIpc) is 3.49. The fraction of sp³-hybridized carbons (Fsp3) is 0.458. The van der Waals surface area contributed by atoms with Crippen molar-refractivity contribution in [2.75, 3.05) is 18.5 Å². The first-order valence-electron chi connectivity index (χ1n) is 10.7. The Labute approximate surface area is 199 Å². The van der Waals surface area contributed by atoms with Crippen LogP contribution in [0.15, 0.2) is 53.0 Å². The number of rotatable bonds is 9. The van der Waals surface area contributed by atoms with Crippen molar-refractivity contribution in [1.82, 2.24) is 0 Å². The molecular weight excluding hydrogens is 490 g/mol. The van der Waals surface area contributed by atoms with Gasteiger partial charge in [-0.2, -0.15) is 0 Å². The Morgan fingerprint density at radius 3 is 2.47 bits per heavy atom. The zero-order chi connectivity index (χ0) is 23.4. The Morgan fingerprint density at radius 2 is 1.78 bits per heavy atom. The van der Waals surface area contributed by atoms with Gasteiger partial charge in [0.1, 0.15) is 31.2 Å². The first-order valence-corrected chi connectivity index (χ1v) is 14.4. The lowest BCUT2D eigenvalue weighted by Crippen LogP contribution is -2.41. The van der Waals surface area contributed by atoms with E-state index in [2.05, 4.69) is 55.1 Å². The van der Waals surface area contributed by atoms with Crippen molar-refractivity contribution in [3.63, 3.8) is 0 Å². The summed E-state index contributed by atoms with van der Waals surface area (Å²) in [6, 6.07) is 15.0. The summed E-state index contributed by atoms with van der Waals surface area (Å²) in [6.45, 7) is 12.3. The van der Waals surface area contributed by atoms with E-state index >= 15 is 0 Å². The maximum Gasteiger partial charge on any atom is 0.412 e. The number of carbonyl (C=O) groups excluding carboxylic acids is 1. The van der Waals surface area contributed by atoms with E-state index in [0.29, 0.717) is 24.7 Å². The van der Waals surface area contributed by atoms with Crippen LogP contribution in [-0.4, -0.2) is 39.8 Å². The van der Waals surface area contributed by atoms with Crippen LogP contribution >= 0.6 is 15.9 Å². The van der Waals surface area contributed by atoms with Gasteiger partial charge in [0, 0.05) is 4.47 Å². The van der Waals surface area contributed by atoms with E-state index < -0.39 is 14.4 Å². The third-order valence-corrected chi connectivity index (χ3v) is 10.9. The molecule has 0 spiro atoms. The molecule has 0 saturated carbocycles. The lowest BCUT2D eigenvalue weighted by atomic mass is 10.2. The van der Waals surface area contributed by atoms with Gasteiger partial charge in [0.15, 0.2) is 8.32 Å². The first-order chi connectivity index (χ1) is 15.0. The number of anilines is 1. The SMILES string of the molecule is CC(C)(C)[Si](C)(C)OC[C@@H]1O[C@@H]1COc1cc(Br)ccc1NC(=O)OCc1ccccc1. The predicted molar refractivity (Wildman–Crippen MR) is 132 cm³/mol. The second-order valence-corrected chi connectivity index (χ2v) is 15.1. The monoisotopic (exact) mass is 521 g/mol. The second kappa shape index (κ2) is 10.4. The zero-order valence-corrected chi connectivity index (χ0v) is 21.9. The predicted octanol–water partition coefficient (Wildman–Crippen LogP) is 6.37. The molecule has 1 aliphatic rings. The van der Waals surface area contributed by atoms with E-state index in [1.165, 1.54) is 0 Å². The minimum atomic E-state index is -1.80. The van der Waals surface area contributed by atoms with Gasteiger partial charge in [-0.25, -0.2) is 4.79 Å². The molecule has 1 heterocycles. The molecule has 0 unspecified atom stereocenters. The highest BCUT2D eigenvalue weighted by molar-refractivity contribution is 9.10. The van der Waals surface area contributed by atoms with E-state index in [0.717, 1.165) is 10.0 Å². The Bertz CT molecular complexity index is 916. The minimum absolute atomic E-state index is 0.0170. The highest BCUT2D eigenvalue weighted by Crippen LogP contribution is 2.38. The maximum absolute atomic E-state index is 12.2. The molecule has 3 rings (SSSR count). The molecule has 0 aliphatic carbocycles. The van der Waals surface area contributed by atoms with Crippen LogP contribution < -0.4 is 10.1 Å². The molecule has 0 bridgehead atoms. The molecule has 6 nitrogen and oxygen atoms in total. The Hall–Kier alpha value is -1.87. The van der Waals surface area contributed by atoms with Gasteiger partial charge in [0.05, 0.1) is 12.3 Å². The summed E-state index contributed by atoms with van der Waals surface area (Å²) in [5.41, 5.74) is 1.47. The van der Waals surface area contributed by atoms with Crippen LogP contribution in [0.3, 0.4) is 0 Å². The average molecular weight is 523 g/mol. The van der Waals surface area contributed by atoms with Crippen LogP contribution in [0.5, 0.6) is 5.75 Å². The molecule has 2 aromatic rings. The van der Waals surface area contributed by atoms with Crippen molar-refractivity contribution in [3.05, 3.63) is 58.6 Å². The quantitative estimate of drug-likeness (QED) is 0.306. The molecule has 1 N–H and O–H groups in total. The summed E-state index contributed by atoms with van der Waals surface area (Å²) in [4.78, 5) is 12.2. The minimum Gasteiger partial charge on any atom is -0.489 e. The van der Waals surface area contributed by atoms with Crippen molar-refractivity contribution >= 4 is 36.0 Å². The van der Waals surface area contributed by atoms with Crippen LogP contribution in [-0.2, 0) is 20.5 Å². The summed E-state index contributed by atoms with van der Waals surface area (Å²) < 4.78 is 24.1. The van der Waals surface area contributed by atoms with E-state index in [9.17, 15) is 4.79 Å². The number of hydrogen-bond acceptors (Lipinski definition) is 5. The summed E-state index contributed by atoms with van der Waals surface area (Å²) in [5.74, 6) is 0.551. The number of carbonyl (C=O) groups is 1. The molecule has 1 amide bonds. The molecule has 0 radical (unpaired) electrons. The van der Waals surface area contributed by atoms with Crippen molar-refractivity contribution in [2.45, 2.75) is 57.7 Å². The van der Waals surface area contributed by atoms with Gasteiger partial charge in [0.2, 0.25) is 0 Å². The topological polar surface area (TPSA) is 69.3 Å². The Balaban J connectivity index is 1.49. The third kappa shape index (κ3) is 7.06. The molecule has 0 aromatic heterocycles. The van der Waals surface area contributed by atoms with E-state index in [-0.39, 0.29) is 23.9 Å². The first kappa shape index (κ1) is 24.8. The fourth-order valence-electron chi connectivity index (χ4n) is 2.74. The lowest BCUT2D eigenvalue weighted by Gasteiger charge is -2.36. The van der Waals surface area contributed by atoms with Crippen molar-refractivity contribution < 1.29 is 23.4 Å². The van der Waals surface area contributed by atoms with Gasteiger partial charge < -0.3 is 18.6 Å². The van der Waals surface area contributed by atoms with Gasteiger partial charge >= 0.3 is 6.09 Å². The molecule has 2 atom stereocenters. The number of ether oxygens (including phenoxy) is 3. The van der Waals surface area contributed by atoms with Crippen LogP contribution in [0.25, 0.3) is 0 Å². The second-order valence-electron chi connectivity index (χ2n) is 9.42.